The highest BCUT2D eigenvalue weighted by molar-refractivity contribution is 8.04. The number of likely N-dealkylation sites (tertiary alicyclic amines) is 1. The minimum Gasteiger partial charge on any atom is -0.346 e. The van der Waals surface area contributed by atoms with E-state index in [2.05, 4.69) is 14.9 Å². The molecule has 24 heavy (non-hydrogen) atoms. The fourth-order valence-electron chi connectivity index (χ4n) is 3.43. The number of nitrogens with zero attached hydrogens (tertiary/aromatic N) is 3. The number of carbonyl (C=O) groups is 1. The van der Waals surface area contributed by atoms with Crippen molar-refractivity contribution in [2.45, 2.75) is 25.7 Å². The first-order chi connectivity index (χ1) is 11.8. The average molecular weight is 342 g/mol. The Labute approximate surface area is 146 Å². The Bertz CT molecular complexity index is 761. The van der Waals surface area contributed by atoms with Gasteiger partial charge >= 0.3 is 0 Å². The van der Waals surface area contributed by atoms with Gasteiger partial charge in [0.05, 0.1) is 10.6 Å². The van der Waals surface area contributed by atoms with E-state index in [1.54, 1.807) is 11.8 Å². The van der Waals surface area contributed by atoms with Gasteiger partial charge in [-0.25, -0.2) is 4.98 Å². The summed E-state index contributed by atoms with van der Waals surface area (Å²) in [5.74, 6) is 1.13. The van der Waals surface area contributed by atoms with E-state index in [1.807, 2.05) is 35.6 Å². The van der Waals surface area contributed by atoms with Crippen LogP contribution >= 0.6 is 11.8 Å². The molecule has 1 N–H and O–H groups in total. The molecule has 2 aromatic heterocycles. The van der Waals surface area contributed by atoms with Crippen molar-refractivity contribution in [3.05, 3.63) is 35.6 Å². The highest BCUT2D eigenvalue weighted by Crippen LogP contribution is 2.31. The van der Waals surface area contributed by atoms with Crippen LogP contribution in [-0.4, -0.2) is 46.2 Å². The van der Waals surface area contributed by atoms with Gasteiger partial charge in [-0.05, 0) is 25.0 Å². The van der Waals surface area contributed by atoms with Gasteiger partial charge in [-0.1, -0.05) is 12.8 Å². The van der Waals surface area contributed by atoms with E-state index in [-0.39, 0.29) is 5.91 Å². The maximum atomic E-state index is 12.9. The Morgan fingerprint density at radius 3 is 2.79 bits per heavy atom. The van der Waals surface area contributed by atoms with Crippen LogP contribution in [0.15, 0.2) is 35.6 Å². The summed E-state index contributed by atoms with van der Waals surface area (Å²) >= 11 is 1.68. The molecule has 0 radical (unpaired) electrons. The number of aromatic amines is 1. The van der Waals surface area contributed by atoms with Crippen LogP contribution < -0.4 is 4.90 Å². The molecule has 0 aromatic carbocycles. The van der Waals surface area contributed by atoms with Gasteiger partial charge in [0.25, 0.3) is 5.91 Å². The number of pyridine rings is 1. The zero-order valence-corrected chi connectivity index (χ0v) is 14.5. The number of rotatable bonds is 2. The second kappa shape index (κ2) is 6.89. The molecule has 1 saturated heterocycles. The van der Waals surface area contributed by atoms with Crippen molar-refractivity contribution in [3.63, 3.8) is 0 Å². The van der Waals surface area contributed by atoms with E-state index in [4.69, 9.17) is 0 Å². The molecule has 0 aliphatic carbocycles. The summed E-state index contributed by atoms with van der Waals surface area (Å²) in [6, 6.07) is 4.07. The summed E-state index contributed by atoms with van der Waals surface area (Å²) in [7, 11) is 0. The van der Waals surface area contributed by atoms with Crippen molar-refractivity contribution in [3.8, 4) is 0 Å². The number of H-pyrrole nitrogens is 1. The van der Waals surface area contributed by atoms with E-state index in [0.29, 0.717) is 0 Å². The fourth-order valence-corrected chi connectivity index (χ4v) is 4.39. The second-order valence-electron chi connectivity index (χ2n) is 6.31. The first-order valence-electron chi connectivity index (χ1n) is 8.65. The van der Waals surface area contributed by atoms with Crippen LogP contribution in [0.2, 0.25) is 0 Å². The largest absolute Gasteiger partial charge is 0.346 e. The Morgan fingerprint density at radius 2 is 1.96 bits per heavy atom. The van der Waals surface area contributed by atoms with Crippen LogP contribution in [0, 0.1) is 0 Å². The van der Waals surface area contributed by atoms with E-state index < -0.39 is 0 Å². The standard InChI is InChI=1S/C18H22N4OS/c23-18(21-9-3-1-2-4-10-21)16-13-22(11-12-24-16)15-6-8-20-17-14(15)5-7-19-17/h5-8,13H,1-4,9-12H2,(H,19,20). The summed E-state index contributed by atoms with van der Waals surface area (Å²) in [4.78, 5) is 25.5. The van der Waals surface area contributed by atoms with Crippen molar-refractivity contribution >= 4 is 34.4 Å². The van der Waals surface area contributed by atoms with Gasteiger partial charge in [0.15, 0.2) is 0 Å². The zero-order valence-electron chi connectivity index (χ0n) is 13.7. The molecule has 5 nitrogen and oxygen atoms in total. The smallest absolute Gasteiger partial charge is 0.261 e. The van der Waals surface area contributed by atoms with E-state index in [0.717, 1.165) is 59.9 Å². The van der Waals surface area contributed by atoms with E-state index >= 15 is 0 Å². The predicted octanol–water partition coefficient (Wildman–Crippen LogP) is 3.36. The summed E-state index contributed by atoms with van der Waals surface area (Å²) in [6.07, 6.45) is 10.5. The third-order valence-electron chi connectivity index (χ3n) is 4.71. The molecule has 2 aromatic rings. The molecule has 0 saturated carbocycles. The highest BCUT2D eigenvalue weighted by Gasteiger charge is 2.24. The number of thioether (sulfide) groups is 1. The molecule has 1 amide bonds. The van der Waals surface area contributed by atoms with Crippen molar-refractivity contribution in [1.29, 1.82) is 0 Å². The lowest BCUT2D eigenvalue weighted by molar-refractivity contribution is -0.126. The minimum atomic E-state index is 0.200. The molecule has 4 rings (SSSR count). The summed E-state index contributed by atoms with van der Waals surface area (Å²) in [5, 5.41) is 1.10. The summed E-state index contributed by atoms with van der Waals surface area (Å²) in [5.41, 5.74) is 2.00. The molecule has 2 aliphatic rings. The second-order valence-corrected chi connectivity index (χ2v) is 7.45. The van der Waals surface area contributed by atoms with Crippen LogP contribution in [0.3, 0.4) is 0 Å². The van der Waals surface area contributed by atoms with Crippen LogP contribution in [0.25, 0.3) is 11.0 Å². The van der Waals surface area contributed by atoms with Crippen LogP contribution in [0.4, 0.5) is 5.69 Å². The number of hydrogen-bond donors (Lipinski definition) is 1. The van der Waals surface area contributed by atoms with Crippen LogP contribution in [-0.2, 0) is 4.79 Å². The molecule has 126 valence electrons. The number of carbonyl (C=O) groups excluding carboxylic acids is 1. The molecule has 0 unspecified atom stereocenters. The maximum absolute atomic E-state index is 12.9. The monoisotopic (exact) mass is 342 g/mol. The molecule has 4 heterocycles. The first-order valence-corrected chi connectivity index (χ1v) is 9.64. The van der Waals surface area contributed by atoms with Crippen molar-refractivity contribution < 1.29 is 4.79 Å². The molecular weight excluding hydrogens is 320 g/mol. The lowest BCUT2D eigenvalue weighted by Gasteiger charge is -2.29. The Morgan fingerprint density at radius 1 is 1.12 bits per heavy atom. The molecule has 6 heteroatoms. The van der Waals surface area contributed by atoms with Crippen LogP contribution in [0.5, 0.6) is 0 Å². The molecule has 0 bridgehead atoms. The number of fused-ring (bicyclic) bond motifs is 1. The number of anilines is 1. The molecular formula is C18H22N4OS. The van der Waals surface area contributed by atoms with E-state index in [9.17, 15) is 4.79 Å². The third kappa shape index (κ3) is 3.02. The fraction of sp³-hybridized carbons (Fsp3) is 0.444. The highest BCUT2D eigenvalue weighted by atomic mass is 32.2. The van der Waals surface area contributed by atoms with Gasteiger partial charge in [0, 0.05) is 49.4 Å². The van der Waals surface area contributed by atoms with Crippen molar-refractivity contribution in [2.24, 2.45) is 0 Å². The van der Waals surface area contributed by atoms with Crippen molar-refractivity contribution in [2.75, 3.05) is 30.3 Å². The van der Waals surface area contributed by atoms with Gasteiger partial charge in [-0.2, -0.15) is 0 Å². The normalized spacial score (nSPS) is 19.2. The zero-order chi connectivity index (χ0) is 16.4. The maximum Gasteiger partial charge on any atom is 0.261 e. The number of amides is 1. The predicted molar refractivity (Wildman–Crippen MR) is 99.0 cm³/mol. The topological polar surface area (TPSA) is 52.2 Å². The lowest BCUT2D eigenvalue weighted by Crippen LogP contribution is -2.35. The van der Waals surface area contributed by atoms with E-state index in [1.165, 1.54) is 12.8 Å². The van der Waals surface area contributed by atoms with Gasteiger partial charge in [-0.3, -0.25) is 4.79 Å². The third-order valence-corrected chi connectivity index (χ3v) is 5.69. The van der Waals surface area contributed by atoms with Gasteiger partial charge in [-0.15, -0.1) is 11.8 Å². The van der Waals surface area contributed by atoms with Crippen LogP contribution in [0.1, 0.15) is 25.7 Å². The number of aromatic nitrogens is 2. The molecule has 1 fully saturated rings. The Balaban J connectivity index is 1.60. The van der Waals surface area contributed by atoms with Gasteiger partial charge in [0.1, 0.15) is 5.65 Å². The minimum absolute atomic E-state index is 0.200. The Hall–Kier alpha value is -1.95. The van der Waals surface area contributed by atoms with Crippen molar-refractivity contribution in [1.82, 2.24) is 14.9 Å². The van der Waals surface area contributed by atoms with Gasteiger partial charge < -0.3 is 14.8 Å². The quantitative estimate of drug-likeness (QED) is 0.909. The Kier molecular flexibility index (Phi) is 4.47. The first kappa shape index (κ1) is 15.6. The molecule has 2 aliphatic heterocycles. The summed E-state index contributed by atoms with van der Waals surface area (Å²) < 4.78 is 0. The molecule has 0 spiro atoms. The lowest BCUT2D eigenvalue weighted by atomic mass is 10.2. The molecule has 0 atom stereocenters. The average Bonchev–Trinajstić information content (AvgIpc) is 2.95. The number of hydrogen-bond acceptors (Lipinski definition) is 4. The number of nitrogens with one attached hydrogen (secondary N) is 1. The van der Waals surface area contributed by atoms with Gasteiger partial charge in [0.2, 0.25) is 0 Å². The summed E-state index contributed by atoms with van der Waals surface area (Å²) in [6.45, 7) is 2.70. The SMILES string of the molecule is O=C(C1=CN(c2ccnc3[nH]ccc23)CCS1)N1CCCCCC1.